The van der Waals surface area contributed by atoms with Gasteiger partial charge in [-0.2, -0.15) is 0 Å². The van der Waals surface area contributed by atoms with E-state index in [0.29, 0.717) is 25.2 Å². The third-order valence-electron chi connectivity index (χ3n) is 5.02. The highest BCUT2D eigenvalue weighted by molar-refractivity contribution is 6.31. The van der Waals surface area contributed by atoms with Crippen LogP contribution in [0.3, 0.4) is 0 Å². The molecule has 2 aromatic carbocycles. The van der Waals surface area contributed by atoms with Crippen molar-refractivity contribution in [1.29, 1.82) is 0 Å². The molecule has 6 heteroatoms. The molecule has 0 aromatic heterocycles. The highest BCUT2D eigenvalue weighted by Crippen LogP contribution is 2.42. The maximum Gasteiger partial charge on any atom is 0.306 e. The largest absolute Gasteiger partial charge is 0.492 e. The van der Waals surface area contributed by atoms with Crippen molar-refractivity contribution >= 4 is 17.6 Å². The van der Waals surface area contributed by atoms with Crippen LogP contribution in [0.25, 0.3) is 0 Å². The summed E-state index contributed by atoms with van der Waals surface area (Å²) in [5.74, 6) is 0.764. The highest BCUT2D eigenvalue weighted by Gasteiger charge is 2.30. The normalized spacial score (nSPS) is 20.3. The average molecular weight is 377 g/mol. The second-order valence-electron chi connectivity index (χ2n) is 6.56. The van der Waals surface area contributed by atoms with Crippen molar-refractivity contribution in [2.24, 2.45) is 0 Å². The van der Waals surface area contributed by atoms with Crippen molar-refractivity contribution in [3.8, 4) is 11.5 Å². The first-order chi connectivity index (χ1) is 12.6. The molecule has 2 aliphatic rings. The molecule has 0 spiro atoms. The third-order valence-corrected chi connectivity index (χ3v) is 5.43. The molecule has 2 atom stereocenters. The van der Waals surface area contributed by atoms with Crippen LogP contribution in [0.15, 0.2) is 30.3 Å². The molecule has 1 aliphatic heterocycles. The first-order valence-corrected chi connectivity index (χ1v) is 8.91. The van der Waals surface area contributed by atoms with Crippen LogP contribution < -0.4 is 9.47 Å². The van der Waals surface area contributed by atoms with Crippen LogP contribution in [0.1, 0.15) is 41.6 Å². The van der Waals surface area contributed by atoms with Crippen molar-refractivity contribution in [3.63, 3.8) is 0 Å². The van der Waals surface area contributed by atoms with E-state index in [1.807, 2.05) is 18.2 Å². The van der Waals surface area contributed by atoms with Crippen molar-refractivity contribution < 1.29 is 23.4 Å². The van der Waals surface area contributed by atoms with E-state index < -0.39 is 5.82 Å². The van der Waals surface area contributed by atoms with E-state index in [2.05, 4.69) is 0 Å². The number of carbonyl (C=O) groups excluding carboxylic acids is 1. The number of hydrogen-bond donors (Lipinski definition) is 0. The lowest BCUT2D eigenvalue weighted by molar-refractivity contribution is -0.141. The van der Waals surface area contributed by atoms with Crippen molar-refractivity contribution in [2.45, 2.75) is 31.3 Å². The van der Waals surface area contributed by atoms with Gasteiger partial charge in [0.25, 0.3) is 0 Å². The van der Waals surface area contributed by atoms with Gasteiger partial charge in [-0.1, -0.05) is 23.7 Å². The van der Waals surface area contributed by atoms with Gasteiger partial charge in [-0.25, -0.2) is 4.39 Å². The minimum atomic E-state index is -0.395. The maximum absolute atomic E-state index is 13.6. The number of benzene rings is 2. The van der Waals surface area contributed by atoms with E-state index in [-0.39, 0.29) is 23.0 Å². The lowest BCUT2D eigenvalue weighted by Gasteiger charge is -2.16. The zero-order chi connectivity index (χ0) is 18.3. The van der Waals surface area contributed by atoms with Crippen LogP contribution in [-0.2, 0) is 16.0 Å². The summed E-state index contributed by atoms with van der Waals surface area (Å²) in [5, 5.41) is 0.191. The van der Waals surface area contributed by atoms with Crippen LogP contribution >= 0.6 is 11.6 Å². The fraction of sp³-hybridized carbons (Fsp3) is 0.350. The number of methoxy groups -OCH3 is 1. The molecule has 0 fully saturated rings. The maximum atomic E-state index is 13.6. The zero-order valence-corrected chi connectivity index (χ0v) is 15.0. The number of hydrogen-bond acceptors (Lipinski definition) is 4. The lowest BCUT2D eigenvalue weighted by atomic mass is 9.98. The number of ether oxygens (including phenoxy) is 3. The van der Waals surface area contributed by atoms with Gasteiger partial charge < -0.3 is 14.2 Å². The van der Waals surface area contributed by atoms with Gasteiger partial charge in [-0.3, -0.25) is 4.79 Å². The molecule has 0 saturated heterocycles. The summed E-state index contributed by atoms with van der Waals surface area (Å²) in [6.07, 6.45) is 1.58. The second-order valence-corrected chi connectivity index (χ2v) is 6.94. The predicted octanol–water partition coefficient (Wildman–Crippen LogP) is 4.58. The Morgan fingerprint density at radius 2 is 2.12 bits per heavy atom. The fourth-order valence-corrected chi connectivity index (χ4v) is 3.93. The van der Waals surface area contributed by atoms with Crippen LogP contribution in [0.4, 0.5) is 4.39 Å². The molecule has 136 valence electrons. The van der Waals surface area contributed by atoms with Gasteiger partial charge in [-0.05, 0) is 36.1 Å². The molecular weight excluding hydrogens is 359 g/mol. The van der Waals surface area contributed by atoms with Crippen molar-refractivity contribution in [2.75, 3.05) is 13.7 Å². The Hall–Kier alpha value is -2.27. The summed E-state index contributed by atoms with van der Waals surface area (Å²) in [6.45, 7) is 0.453. The second kappa shape index (κ2) is 6.80. The molecule has 0 amide bonds. The molecular formula is C20H18ClFO4. The Morgan fingerprint density at radius 3 is 2.92 bits per heavy atom. The highest BCUT2D eigenvalue weighted by atomic mass is 35.5. The van der Waals surface area contributed by atoms with Crippen LogP contribution in [-0.4, -0.2) is 19.7 Å². The van der Waals surface area contributed by atoms with Gasteiger partial charge in [0, 0.05) is 17.5 Å². The molecule has 1 heterocycles. The van der Waals surface area contributed by atoms with Crippen LogP contribution in [0, 0.1) is 5.82 Å². The fourth-order valence-electron chi connectivity index (χ4n) is 3.66. The van der Waals surface area contributed by atoms with E-state index >= 15 is 0 Å². The number of esters is 1. The Bertz CT molecular complexity index is 867. The summed E-state index contributed by atoms with van der Waals surface area (Å²) >= 11 is 6.06. The smallest absolute Gasteiger partial charge is 0.306 e. The van der Waals surface area contributed by atoms with Gasteiger partial charge in [0.15, 0.2) is 0 Å². The summed E-state index contributed by atoms with van der Waals surface area (Å²) in [6, 6.07) is 8.77. The third kappa shape index (κ3) is 3.01. The minimum Gasteiger partial charge on any atom is -0.492 e. The molecule has 0 saturated carbocycles. The number of rotatable bonds is 4. The zero-order valence-electron chi connectivity index (χ0n) is 14.3. The molecule has 26 heavy (non-hydrogen) atoms. The van der Waals surface area contributed by atoms with Gasteiger partial charge in [0.05, 0.1) is 25.2 Å². The van der Waals surface area contributed by atoms with Crippen molar-refractivity contribution in [3.05, 3.63) is 57.9 Å². The van der Waals surface area contributed by atoms with E-state index in [1.54, 1.807) is 6.07 Å². The molecule has 4 nitrogen and oxygen atoms in total. The Kier molecular flexibility index (Phi) is 4.49. The standard InChI is InChI=1S/C20H18ClFO4/c1-24-19(23)8-11-10-25-18-9-12(2-3-13(11)18)26-17-7-5-15-14(17)4-6-16(22)20(15)21/h2-4,6,9,11,17H,5,7-8,10H2,1H3/t11-,17-/m1/s1. The Morgan fingerprint density at radius 1 is 1.31 bits per heavy atom. The minimum absolute atomic E-state index is 0.000452. The summed E-state index contributed by atoms with van der Waals surface area (Å²) in [4.78, 5) is 11.5. The molecule has 4 rings (SSSR count). The van der Waals surface area contributed by atoms with Gasteiger partial charge in [-0.15, -0.1) is 0 Å². The number of carbonyl (C=O) groups is 1. The molecule has 1 aliphatic carbocycles. The SMILES string of the molecule is COC(=O)C[C@@H]1COc2cc(O[C@@H]3CCc4c3ccc(F)c4Cl)ccc21. The van der Waals surface area contributed by atoms with E-state index in [0.717, 1.165) is 28.9 Å². The monoisotopic (exact) mass is 376 g/mol. The molecule has 0 unspecified atom stereocenters. The van der Waals surface area contributed by atoms with E-state index in [4.69, 9.17) is 25.8 Å². The van der Waals surface area contributed by atoms with Gasteiger partial charge in [0.2, 0.25) is 0 Å². The first kappa shape index (κ1) is 17.2. The topological polar surface area (TPSA) is 44.8 Å². The quantitative estimate of drug-likeness (QED) is 0.732. The first-order valence-electron chi connectivity index (χ1n) is 8.54. The molecule has 0 radical (unpaired) electrons. The number of fused-ring (bicyclic) bond motifs is 2. The number of halogens is 2. The lowest BCUT2D eigenvalue weighted by Crippen LogP contribution is -2.09. The van der Waals surface area contributed by atoms with Gasteiger partial charge in [0.1, 0.15) is 23.4 Å². The Labute approximate surface area is 155 Å². The molecule has 0 N–H and O–H groups in total. The van der Waals surface area contributed by atoms with Crippen LogP contribution in [0.2, 0.25) is 5.02 Å². The summed E-state index contributed by atoms with van der Waals surface area (Å²) in [5.41, 5.74) is 2.74. The molecule has 2 aromatic rings. The van der Waals surface area contributed by atoms with E-state index in [1.165, 1.54) is 13.2 Å². The van der Waals surface area contributed by atoms with Crippen molar-refractivity contribution in [1.82, 2.24) is 0 Å². The summed E-state index contributed by atoms with van der Waals surface area (Å²) < 4.78 is 30.2. The van der Waals surface area contributed by atoms with Crippen LogP contribution in [0.5, 0.6) is 11.5 Å². The van der Waals surface area contributed by atoms with E-state index in [9.17, 15) is 9.18 Å². The van der Waals surface area contributed by atoms with Gasteiger partial charge >= 0.3 is 5.97 Å². The average Bonchev–Trinajstić information content (AvgIpc) is 3.23. The molecule has 0 bridgehead atoms. The summed E-state index contributed by atoms with van der Waals surface area (Å²) in [7, 11) is 1.38. The predicted molar refractivity (Wildman–Crippen MR) is 94.4 cm³/mol. The Balaban J connectivity index is 1.52.